The van der Waals surface area contributed by atoms with Crippen molar-refractivity contribution in [3.63, 3.8) is 0 Å². The molecule has 0 saturated carbocycles. The van der Waals surface area contributed by atoms with Crippen LogP contribution in [0.3, 0.4) is 0 Å². The molecule has 6 heteroatoms. The summed E-state index contributed by atoms with van der Waals surface area (Å²) in [6.07, 6.45) is 9.04. The maximum atomic E-state index is 10.8. The van der Waals surface area contributed by atoms with Gasteiger partial charge >= 0.3 is 29.6 Å². The number of rotatable bonds is 13. The van der Waals surface area contributed by atoms with Gasteiger partial charge in [-0.25, -0.2) is 8.42 Å². The van der Waals surface area contributed by atoms with Gasteiger partial charge in [0.25, 0.3) is 0 Å². The zero-order valence-corrected chi connectivity index (χ0v) is 19.7. The fourth-order valence-corrected chi connectivity index (χ4v) is 3.56. The largest absolute Gasteiger partial charge is 1.00 e. The van der Waals surface area contributed by atoms with Crippen molar-refractivity contribution < 1.29 is 47.3 Å². The van der Waals surface area contributed by atoms with Gasteiger partial charge in [0, 0.05) is 5.75 Å². The minimum Gasteiger partial charge on any atom is -0.748 e. The predicted octanol–water partition coefficient (Wildman–Crippen LogP) is 1.86. The number of ether oxygens (including phenoxy) is 1. The molecule has 26 heavy (non-hydrogen) atoms. The summed E-state index contributed by atoms with van der Waals surface area (Å²) in [6, 6.07) is 6.15. The fourth-order valence-electron chi connectivity index (χ4n) is 2.94. The van der Waals surface area contributed by atoms with Crippen molar-refractivity contribution in [2.45, 2.75) is 84.7 Å². The van der Waals surface area contributed by atoms with E-state index >= 15 is 0 Å². The van der Waals surface area contributed by atoms with Crippen molar-refractivity contribution >= 4 is 10.1 Å². The Labute approximate surface area is 182 Å². The minimum atomic E-state index is -4.19. The molecule has 0 fully saturated rings. The van der Waals surface area contributed by atoms with Crippen molar-refractivity contribution in [2.24, 2.45) is 0 Å². The van der Waals surface area contributed by atoms with Gasteiger partial charge in [-0.05, 0) is 56.2 Å². The second kappa shape index (κ2) is 14.0. The Morgan fingerprint density at radius 3 is 2.23 bits per heavy atom. The Hall–Kier alpha value is -0.0700. The second-order valence-corrected chi connectivity index (χ2v) is 8.31. The molecule has 1 aromatic carbocycles. The van der Waals surface area contributed by atoms with Gasteiger partial charge in [-0.1, -0.05) is 51.7 Å². The van der Waals surface area contributed by atoms with E-state index < -0.39 is 10.1 Å². The Bertz CT molecular complexity index is 602. The van der Waals surface area contributed by atoms with E-state index in [0.29, 0.717) is 0 Å². The van der Waals surface area contributed by atoms with E-state index in [2.05, 4.69) is 19.9 Å². The summed E-state index contributed by atoms with van der Waals surface area (Å²) in [6.45, 7) is 6.22. The molecule has 0 aliphatic rings. The molecule has 0 N–H and O–H groups in total. The summed E-state index contributed by atoms with van der Waals surface area (Å²) >= 11 is 0. The molecule has 1 rings (SSSR count). The van der Waals surface area contributed by atoms with E-state index in [0.717, 1.165) is 25.0 Å². The van der Waals surface area contributed by atoms with E-state index in [9.17, 15) is 13.0 Å². The molecule has 0 amide bonds. The Balaban J connectivity index is 0.00000625. The molecule has 0 aliphatic heterocycles. The van der Waals surface area contributed by atoms with Crippen LogP contribution in [0.1, 0.15) is 76.8 Å². The van der Waals surface area contributed by atoms with Gasteiger partial charge < -0.3 is 9.29 Å². The molecule has 1 unspecified atom stereocenters. The van der Waals surface area contributed by atoms with Gasteiger partial charge in [0.05, 0.1) is 16.2 Å². The molecule has 0 heterocycles. The monoisotopic (exact) mass is 392 g/mol. The van der Waals surface area contributed by atoms with Crippen molar-refractivity contribution in [1.82, 2.24) is 0 Å². The zero-order valence-electron chi connectivity index (χ0n) is 16.9. The fraction of sp³-hybridized carbons (Fsp3) is 0.700. The van der Waals surface area contributed by atoms with Gasteiger partial charge in [0.15, 0.2) is 0 Å². The molecule has 0 radical (unpaired) electrons. The molecular formula is C20H33NaO4S. The third-order valence-electron chi connectivity index (χ3n) is 4.41. The number of hydrogen-bond donors (Lipinski definition) is 0. The van der Waals surface area contributed by atoms with Crippen LogP contribution in [0.2, 0.25) is 0 Å². The van der Waals surface area contributed by atoms with E-state index in [1.54, 1.807) is 0 Å². The Morgan fingerprint density at radius 2 is 1.65 bits per heavy atom. The van der Waals surface area contributed by atoms with E-state index in [4.69, 9.17) is 4.74 Å². The molecule has 144 valence electrons. The maximum absolute atomic E-state index is 10.8. The maximum Gasteiger partial charge on any atom is 1.00 e. The van der Waals surface area contributed by atoms with Crippen LogP contribution in [-0.4, -0.2) is 24.8 Å². The van der Waals surface area contributed by atoms with Crippen LogP contribution in [0.15, 0.2) is 18.2 Å². The summed E-state index contributed by atoms with van der Waals surface area (Å²) in [4.78, 5) is 0. The van der Waals surface area contributed by atoms with Crippen LogP contribution in [0.4, 0.5) is 0 Å². The van der Waals surface area contributed by atoms with Gasteiger partial charge in [0.2, 0.25) is 0 Å². The molecule has 0 bridgehead atoms. The topological polar surface area (TPSA) is 66.4 Å². The minimum absolute atomic E-state index is 0. The summed E-state index contributed by atoms with van der Waals surface area (Å²) in [7, 11) is -4.19. The first kappa shape index (κ1) is 25.9. The molecular weight excluding hydrogens is 359 g/mol. The second-order valence-electron chi connectivity index (χ2n) is 6.79. The van der Waals surface area contributed by atoms with Crippen molar-refractivity contribution in [1.29, 1.82) is 0 Å². The van der Waals surface area contributed by atoms with Crippen molar-refractivity contribution in [2.75, 3.05) is 5.75 Å². The number of benzene rings is 1. The standard InChI is InChI=1S/C20H34O4S.Na/c1-4-6-8-11-18-12-10-14-20(19(18)13-9-7-5-2)24-17(3)15-16-25(21,22)23;/h10,12,14,17H,4-9,11,13,15-16H2,1-3H3,(H,21,22,23);/q;+1/p-1. The van der Waals surface area contributed by atoms with Crippen LogP contribution in [-0.2, 0) is 23.0 Å². The van der Waals surface area contributed by atoms with Crippen molar-refractivity contribution in [3.05, 3.63) is 29.3 Å². The Morgan fingerprint density at radius 1 is 1.04 bits per heavy atom. The quantitative estimate of drug-likeness (QED) is 0.292. The summed E-state index contributed by atoms with van der Waals surface area (Å²) in [5.74, 6) is 0.469. The molecule has 0 aliphatic carbocycles. The molecule has 0 spiro atoms. The van der Waals surface area contributed by atoms with Crippen molar-refractivity contribution in [3.8, 4) is 5.75 Å². The molecule has 0 saturated heterocycles. The average Bonchev–Trinajstić information content (AvgIpc) is 2.55. The van der Waals surface area contributed by atoms with Gasteiger partial charge in [0.1, 0.15) is 5.75 Å². The molecule has 1 aromatic rings. The first-order valence-corrected chi connectivity index (χ1v) is 11.2. The predicted molar refractivity (Wildman–Crippen MR) is 102 cm³/mol. The zero-order chi connectivity index (χ0) is 18.7. The average molecular weight is 393 g/mol. The third kappa shape index (κ3) is 10.9. The number of hydrogen-bond acceptors (Lipinski definition) is 4. The normalized spacial score (nSPS) is 12.5. The van der Waals surface area contributed by atoms with Gasteiger partial charge in [-0.15, -0.1) is 0 Å². The third-order valence-corrected chi connectivity index (χ3v) is 5.15. The Kier molecular flexibility index (Phi) is 14.0. The van der Waals surface area contributed by atoms with Gasteiger partial charge in [-0.2, -0.15) is 0 Å². The smallest absolute Gasteiger partial charge is 0.748 e. The van der Waals surface area contributed by atoms with Crippen LogP contribution in [0.5, 0.6) is 5.75 Å². The number of aryl methyl sites for hydroxylation is 1. The van der Waals surface area contributed by atoms with Crippen LogP contribution >= 0.6 is 0 Å². The summed E-state index contributed by atoms with van der Waals surface area (Å²) in [5, 5.41) is 0. The SMILES string of the molecule is CCCCCc1cccc(OC(C)CCS(=O)(=O)[O-])c1CCCCC.[Na+]. The molecule has 4 nitrogen and oxygen atoms in total. The van der Waals surface area contributed by atoms with E-state index in [1.807, 2.05) is 19.1 Å². The summed E-state index contributed by atoms with van der Waals surface area (Å²) < 4.78 is 38.5. The molecule has 1 atom stereocenters. The van der Waals surface area contributed by atoms with Crippen LogP contribution in [0.25, 0.3) is 0 Å². The first-order valence-electron chi connectivity index (χ1n) is 9.58. The van der Waals surface area contributed by atoms with E-state index in [1.165, 1.54) is 43.2 Å². The van der Waals surface area contributed by atoms with Crippen LogP contribution in [0, 0.1) is 0 Å². The first-order chi connectivity index (χ1) is 11.9. The van der Waals surface area contributed by atoms with E-state index in [-0.39, 0.29) is 47.8 Å². The van der Waals surface area contributed by atoms with Gasteiger partial charge in [-0.3, -0.25) is 0 Å². The van der Waals surface area contributed by atoms with Crippen LogP contribution < -0.4 is 34.3 Å². The number of unbranched alkanes of at least 4 members (excludes halogenated alkanes) is 4. The summed E-state index contributed by atoms with van der Waals surface area (Å²) in [5.41, 5.74) is 2.59. The molecule has 0 aromatic heterocycles.